The summed E-state index contributed by atoms with van der Waals surface area (Å²) >= 11 is 0. The zero-order valence-electron chi connectivity index (χ0n) is 21.3. The Balaban J connectivity index is -0.000000474. The molecule has 0 radical (unpaired) electrons. The zero-order valence-corrected chi connectivity index (χ0v) is 21.3. The number of pyridine rings is 1. The van der Waals surface area contributed by atoms with Crippen LogP contribution in [0.1, 0.15) is 104 Å². The standard InChI is InChI=1S/C16H23N.C8H16.2C2H6/c1-6-7-8-15(12(2)3)11-16-10-9-13(4)14(5)17-16;1-4-6-8(3)7-5-2;2*1-2/h6,9-10,15H,1-2,7-8,11H2,3-5H3;3-7H2,1-2H3;2*1-2H3. The third kappa shape index (κ3) is 18.2. The van der Waals surface area contributed by atoms with E-state index in [-0.39, 0.29) is 0 Å². The Morgan fingerprint density at radius 1 is 1.00 bits per heavy atom. The summed E-state index contributed by atoms with van der Waals surface area (Å²) in [6, 6.07) is 4.28. The predicted octanol–water partition coefficient (Wildman–Crippen LogP) is 9.59. The Bertz CT molecular complexity index is 531. The van der Waals surface area contributed by atoms with Crippen molar-refractivity contribution in [1.82, 2.24) is 4.98 Å². The maximum absolute atomic E-state index is 4.64. The van der Waals surface area contributed by atoms with E-state index in [1.807, 2.05) is 33.8 Å². The first-order chi connectivity index (χ1) is 13.8. The summed E-state index contributed by atoms with van der Waals surface area (Å²) in [6.45, 7) is 30.5. The molecule has 1 heteroatoms. The molecule has 1 heterocycles. The lowest BCUT2D eigenvalue weighted by Crippen LogP contribution is -2.07. The van der Waals surface area contributed by atoms with Gasteiger partial charge in [-0.3, -0.25) is 4.98 Å². The maximum Gasteiger partial charge on any atom is 0.0413 e. The number of hydrogen-bond donors (Lipinski definition) is 0. The Kier molecular flexibility index (Phi) is 25.0. The molecule has 168 valence electrons. The summed E-state index contributed by atoms with van der Waals surface area (Å²) in [6.07, 6.45) is 10.1. The molecule has 0 spiro atoms. The highest BCUT2D eigenvalue weighted by atomic mass is 14.7. The lowest BCUT2D eigenvalue weighted by Gasteiger charge is -2.16. The van der Waals surface area contributed by atoms with Crippen molar-refractivity contribution in [2.24, 2.45) is 5.92 Å². The molecule has 0 aromatic carbocycles. The van der Waals surface area contributed by atoms with Crippen molar-refractivity contribution in [2.75, 3.05) is 0 Å². The van der Waals surface area contributed by atoms with Gasteiger partial charge in [0.25, 0.3) is 0 Å². The normalized spacial score (nSPS) is 10.1. The van der Waals surface area contributed by atoms with Gasteiger partial charge in [-0.05, 0) is 70.4 Å². The molecule has 1 rings (SSSR count). The van der Waals surface area contributed by atoms with Gasteiger partial charge in [-0.1, -0.05) is 90.8 Å². The molecule has 0 saturated heterocycles. The van der Waals surface area contributed by atoms with Crippen LogP contribution < -0.4 is 0 Å². The molecule has 29 heavy (non-hydrogen) atoms. The van der Waals surface area contributed by atoms with Gasteiger partial charge in [-0.15, -0.1) is 6.58 Å². The molecular formula is C28H51N. The van der Waals surface area contributed by atoms with E-state index < -0.39 is 0 Å². The quantitative estimate of drug-likeness (QED) is 0.355. The van der Waals surface area contributed by atoms with Gasteiger partial charge in [0.05, 0.1) is 0 Å². The van der Waals surface area contributed by atoms with Crippen LogP contribution in [0.25, 0.3) is 0 Å². The first-order valence-corrected chi connectivity index (χ1v) is 11.7. The van der Waals surface area contributed by atoms with Crippen LogP contribution in [-0.4, -0.2) is 4.98 Å². The minimum absolute atomic E-state index is 0.516. The van der Waals surface area contributed by atoms with Gasteiger partial charge >= 0.3 is 0 Å². The van der Waals surface area contributed by atoms with E-state index in [1.54, 1.807) is 0 Å². The molecule has 1 nitrogen and oxygen atoms in total. The molecule has 0 amide bonds. The largest absolute Gasteiger partial charge is 0.258 e. The monoisotopic (exact) mass is 401 g/mol. The van der Waals surface area contributed by atoms with Gasteiger partial charge in [0.2, 0.25) is 0 Å². The number of nitrogens with zero attached hydrogens (tertiary/aromatic N) is 1. The highest BCUT2D eigenvalue weighted by Gasteiger charge is 2.11. The van der Waals surface area contributed by atoms with Gasteiger partial charge in [0.15, 0.2) is 0 Å². The molecule has 0 bridgehead atoms. The van der Waals surface area contributed by atoms with Crippen LogP contribution in [0.5, 0.6) is 0 Å². The average Bonchev–Trinajstić information content (AvgIpc) is 2.71. The van der Waals surface area contributed by atoms with Gasteiger partial charge in [-0.25, -0.2) is 0 Å². The van der Waals surface area contributed by atoms with Crippen molar-refractivity contribution in [1.29, 1.82) is 0 Å². The smallest absolute Gasteiger partial charge is 0.0413 e. The topological polar surface area (TPSA) is 12.9 Å². The van der Waals surface area contributed by atoms with E-state index >= 15 is 0 Å². The lowest BCUT2D eigenvalue weighted by atomic mass is 9.91. The first-order valence-electron chi connectivity index (χ1n) is 11.7. The van der Waals surface area contributed by atoms with Crippen molar-refractivity contribution >= 4 is 0 Å². The lowest BCUT2D eigenvalue weighted by molar-refractivity contribution is 0.557. The number of aryl methyl sites for hydroxylation is 2. The second-order valence-corrected chi connectivity index (χ2v) is 7.07. The van der Waals surface area contributed by atoms with Gasteiger partial charge in [0.1, 0.15) is 0 Å². The van der Waals surface area contributed by atoms with Crippen molar-refractivity contribution in [3.05, 3.63) is 66.0 Å². The van der Waals surface area contributed by atoms with E-state index in [1.165, 1.54) is 48.1 Å². The molecule has 0 N–H and O–H groups in total. The van der Waals surface area contributed by atoms with E-state index in [9.17, 15) is 0 Å². The van der Waals surface area contributed by atoms with Crippen LogP contribution in [0.3, 0.4) is 0 Å². The summed E-state index contributed by atoms with van der Waals surface area (Å²) in [5.74, 6) is 0.516. The SMILES string of the molecule is C=C(CCC)CCC.C=CCCC(Cc1ccc(C)c(C)n1)C(=C)C.CC.CC. The van der Waals surface area contributed by atoms with Gasteiger partial charge < -0.3 is 0 Å². The molecule has 0 aliphatic carbocycles. The van der Waals surface area contributed by atoms with Crippen LogP contribution in [0, 0.1) is 19.8 Å². The average molecular weight is 402 g/mol. The molecule has 1 unspecified atom stereocenters. The second kappa shape index (κ2) is 22.7. The van der Waals surface area contributed by atoms with Crippen LogP contribution in [0.2, 0.25) is 0 Å². The summed E-state index contributed by atoms with van der Waals surface area (Å²) in [7, 11) is 0. The summed E-state index contributed by atoms with van der Waals surface area (Å²) in [4.78, 5) is 4.64. The fraction of sp³-hybridized carbons (Fsp3) is 0.607. The van der Waals surface area contributed by atoms with Crippen molar-refractivity contribution in [2.45, 2.75) is 107 Å². The van der Waals surface area contributed by atoms with Crippen LogP contribution >= 0.6 is 0 Å². The fourth-order valence-corrected chi connectivity index (χ4v) is 2.72. The summed E-state index contributed by atoms with van der Waals surface area (Å²) in [5.41, 5.74) is 6.21. The van der Waals surface area contributed by atoms with Crippen molar-refractivity contribution in [3.8, 4) is 0 Å². The summed E-state index contributed by atoms with van der Waals surface area (Å²) < 4.78 is 0. The molecular weight excluding hydrogens is 350 g/mol. The van der Waals surface area contributed by atoms with Gasteiger partial charge in [0, 0.05) is 11.4 Å². The fourth-order valence-electron chi connectivity index (χ4n) is 2.72. The van der Waals surface area contributed by atoms with E-state index in [0.717, 1.165) is 25.0 Å². The highest BCUT2D eigenvalue weighted by molar-refractivity contribution is 5.21. The van der Waals surface area contributed by atoms with E-state index in [0.29, 0.717) is 5.92 Å². The number of allylic oxidation sites excluding steroid dienone is 3. The second-order valence-electron chi connectivity index (χ2n) is 7.07. The highest BCUT2D eigenvalue weighted by Crippen LogP contribution is 2.21. The Hall–Kier alpha value is -1.63. The predicted molar refractivity (Wildman–Crippen MR) is 137 cm³/mol. The third-order valence-electron chi connectivity index (χ3n) is 4.49. The molecule has 0 aliphatic heterocycles. The van der Waals surface area contributed by atoms with Crippen molar-refractivity contribution < 1.29 is 0 Å². The van der Waals surface area contributed by atoms with E-state index in [2.05, 4.69) is 71.5 Å². The third-order valence-corrected chi connectivity index (χ3v) is 4.49. The minimum atomic E-state index is 0.516. The Morgan fingerprint density at radius 2 is 1.52 bits per heavy atom. The number of hydrogen-bond acceptors (Lipinski definition) is 1. The minimum Gasteiger partial charge on any atom is -0.258 e. The molecule has 0 saturated carbocycles. The zero-order chi connectivity index (χ0) is 23.2. The Morgan fingerprint density at radius 3 is 1.90 bits per heavy atom. The molecule has 0 fully saturated rings. The molecule has 1 aromatic heterocycles. The number of rotatable bonds is 10. The summed E-state index contributed by atoms with van der Waals surface area (Å²) in [5, 5.41) is 0. The Labute approximate surface area is 184 Å². The number of aromatic nitrogens is 1. The van der Waals surface area contributed by atoms with Crippen LogP contribution in [0.15, 0.2) is 49.1 Å². The van der Waals surface area contributed by atoms with Gasteiger partial charge in [-0.2, -0.15) is 0 Å². The molecule has 0 aliphatic rings. The molecule has 1 atom stereocenters. The first kappa shape index (κ1) is 32.0. The van der Waals surface area contributed by atoms with Crippen LogP contribution in [-0.2, 0) is 6.42 Å². The van der Waals surface area contributed by atoms with E-state index in [4.69, 9.17) is 0 Å². The van der Waals surface area contributed by atoms with Crippen LogP contribution in [0.4, 0.5) is 0 Å². The maximum atomic E-state index is 4.64. The molecule has 1 aromatic rings. The van der Waals surface area contributed by atoms with Crippen molar-refractivity contribution in [3.63, 3.8) is 0 Å².